The van der Waals surface area contributed by atoms with Crippen molar-refractivity contribution >= 4 is 5.78 Å². The summed E-state index contributed by atoms with van der Waals surface area (Å²) in [5.74, 6) is -0.862. The Balaban J connectivity index is 3.03. The Bertz CT molecular complexity index is 409. The third-order valence-electron chi connectivity index (χ3n) is 2.50. The standard InChI is InChI=1S/C12H16FNO3/c1-7(15)8-3-4-10(13)9(5-8)12(17)11(16)6-14-2/h3-5,11-12,14,16-17H,6H2,1-2H3. The second-order valence-corrected chi connectivity index (χ2v) is 3.86. The summed E-state index contributed by atoms with van der Waals surface area (Å²) in [5.41, 5.74) is 0.234. The van der Waals surface area contributed by atoms with E-state index in [9.17, 15) is 19.4 Å². The van der Waals surface area contributed by atoms with E-state index in [1.165, 1.54) is 19.1 Å². The van der Waals surface area contributed by atoms with E-state index in [1.807, 2.05) is 0 Å². The highest BCUT2D eigenvalue weighted by atomic mass is 19.1. The summed E-state index contributed by atoms with van der Waals surface area (Å²) < 4.78 is 13.5. The molecule has 1 aromatic rings. The first-order valence-corrected chi connectivity index (χ1v) is 5.28. The summed E-state index contributed by atoms with van der Waals surface area (Å²) in [6, 6.07) is 3.72. The molecule has 0 radical (unpaired) electrons. The van der Waals surface area contributed by atoms with Gasteiger partial charge in [-0.15, -0.1) is 0 Å². The number of carbonyl (C=O) groups is 1. The smallest absolute Gasteiger partial charge is 0.159 e. The molecule has 2 unspecified atom stereocenters. The fourth-order valence-corrected chi connectivity index (χ4v) is 1.52. The number of hydrogen-bond acceptors (Lipinski definition) is 4. The van der Waals surface area contributed by atoms with Gasteiger partial charge in [0.15, 0.2) is 5.78 Å². The number of halogens is 1. The van der Waals surface area contributed by atoms with Crippen molar-refractivity contribution in [2.45, 2.75) is 19.1 Å². The summed E-state index contributed by atoms with van der Waals surface area (Å²) in [4.78, 5) is 11.1. The van der Waals surface area contributed by atoms with E-state index in [2.05, 4.69) is 5.32 Å². The van der Waals surface area contributed by atoms with Gasteiger partial charge < -0.3 is 15.5 Å². The van der Waals surface area contributed by atoms with E-state index in [-0.39, 0.29) is 17.9 Å². The molecular formula is C12H16FNO3. The van der Waals surface area contributed by atoms with E-state index >= 15 is 0 Å². The summed E-state index contributed by atoms with van der Waals surface area (Å²) in [5, 5.41) is 22.0. The predicted octanol–water partition coefficient (Wildman–Crippen LogP) is 0.642. The van der Waals surface area contributed by atoms with Gasteiger partial charge >= 0.3 is 0 Å². The highest BCUT2D eigenvalue weighted by Gasteiger charge is 2.21. The van der Waals surface area contributed by atoms with E-state index < -0.39 is 18.0 Å². The normalized spacial score (nSPS) is 14.4. The number of aliphatic hydroxyl groups is 2. The van der Waals surface area contributed by atoms with E-state index in [0.717, 1.165) is 6.07 Å². The number of aliphatic hydroxyl groups excluding tert-OH is 2. The Morgan fingerprint density at radius 1 is 1.47 bits per heavy atom. The first-order valence-electron chi connectivity index (χ1n) is 5.28. The van der Waals surface area contributed by atoms with Gasteiger partial charge in [0.1, 0.15) is 11.9 Å². The Labute approximate surface area is 99.1 Å². The molecule has 0 aliphatic rings. The van der Waals surface area contributed by atoms with Crippen LogP contribution in [0.5, 0.6) is 0 Å². The summed E-state index contributed by atoms with van der Waals surface area (Å²) in [6.07, 6.45) is -2.49. The van der Waals surface area contributed by atoms with Crippen molar-refractivity contribution in [2.24, 2.45) is 0 Å². The molecule has 0 aromatic heterocycles. The first kappa shape index (κ1) is 13.8. The van der Waals surface area contributed by atoms with Crippen LogP contribution in [0.4, 0.5) is 4.39 Å². The maximum atomic E-state index is 13.5. The first-order chi connectivity index (χ1) is 7.97. The van der Waals surface area contributed by atoms with Crippen LogP contribution in [-0.2, 0) is 0 Å². The van der Waals surface area contributed by atoms with Gasteiger partial charge in [0, 0.05) is 17.7 Å². The molecule has 0 spiro atoms. The average molecular weight is 241 g/mol. The quantitative estimate of drug-likeness (QED) is 0.662. The fraction of sp³-hybridized carbons (Fsp3) is 0.417. The summed E-state index contributed by atoms with van der Waals surface area (Å²) in [6.45, 7) is 1.48. The predicted molar refractivity (Wildman–Crippen MR) is 61.3 cm³/mol. The number of Topliss-reactive ketones (excluding diaryl/α,β-unsaturated/α-hetero) is 1. The number of ketones is 1. The fourth-order valence-electron chi connectivity index (χ4n) is 1.52. The topological polar surface area (TPSA) is 69.6 Å². The molecule has 0 aliphatic heterocycles. The van der Waals surface area contributed by atoms with E-state index in [0.29, 0.717) is 5.56 Å². The van der Waals surface area contributed by atoms with Gasteiger partial charge in [0.25, 0.3) is 0 Å². The van der Waals surface area contributed by atoms with E-state index in [1.54, 1.807) is 7.05 Å². The number of likely N-dealkylation sites (N-methyl/N-ethyl adjacent to an activating group) is 1. The third-order valence-corrected chi connectivity index (χ3v) is 2.50. The molecule has 94 valence electrons. The minimum absolute atomic E-state index is 0.0690. The maximum absolute atomic E-state index is 13.5. The SMILES string of the molecule is CNCC(O)C(O)c1cc(C(C)=O)ccc1F. The van der Waals surface area contributed by atoms with Crippen molar-refractivity contribution in [1.82, 2.24) is 5.32 Å². The molecule has 0 saturated carbocycles. The number of hydrogen-bond donors (Lipinski definition) is 3. The third kappa shape index (κ3) is 3.33. The van der Waals surface area contributed by atoms with Crippen molar-refractivity contribution < 1.29 is 19.4 Å². The Morgan fingerprint density at radius 3 is 2.65 bits per heavy atom. The van der Waals surface area contributed by atoms with Gasteiger partial charge in [-0.1, -0.05) is 0 Å². The van der Waals surface area contributed by atoms with Crippen LogP contribution < -0.4 is 5.32 Å². The molecule has 3 N–H and O–H groups in total. The molecule has 0 bridgehead atoms. The Morgan fingerprint density at radius 2 is 2.12 bits per heavy atom. The van der Waals surface area contributed by atoms with Crippen LogP contribution in [0.15, 0.2) is 18.2 Å². The molecule has 17 heavy (non-hydrogen) atoms. The van der Waals surface area contributed by atoms with Gasteiger partial charge in [-0.3, -0.25) is 4.79 Å². The lowest BCUT2D eigenvalue weighted by Gasteiger charge is -2.18. The van der Waals surface area contributed by atoms with Crippen molar-refractivity contribution in [2.75, 3.05) is 13.6 Å². The van der Waals surface area contributed by atoms with Crippen LogP contribution in [0.2, 0.25) is 0 Å². The number of carbonyl (C=O) groups excluding carboxylic acids is 1. The van der Waals surface area contributed by atoms with Crippen molar-refractivity contribution in [3.05, 3.63) is 35.1 Å². The zero-order valence-corrected chi connectivity index (χ0v) is 9.77. The van der Waals surface area contributed by atoms with E-state index in [4.69, 9.17) is 0 Å². The molecule has 1 rings (SSSR count). The molecule has 1 aromatic carbocycles. The molecule has 0 saturated heterocycles. The Kier molecular flexibility index (Phi) is 4.74. The lowest BCUT2D eigenvalue weighted by atomic mass is 10.00. The molecule has 0 amide bonds. The second-order valence-electron chi connectivity index (χ2n) is 3.86. The average Bonchev–Trinajstić information content (AvgIpc) is 2.28. The van der Waals surface area contributed by atoms with Crippen LogP contribution in [0.1, 0.15) is 28.9 Å². The number of nitrogens with one attached hydrogen (secondary N) is 1. The van der Waals surface area contributed by atoms with Gasteiger partial charge in [-0.05, 0) is 32.2 Å². The monoisotopic (exact) mass is 241 g/mol. The van der Waals surface area contributed by atoms with Gasteiger partial charge in [0.2, 0.25) is 0 Å². The summed E-state index contributed by atoms with van der Waals surface area (Å²) in [7, 11) is 1.61. The summed E-state index contributed by atoms with van der Waals surface area (Å²) >= 11 is 0. The lowest BCUT2D eigenvalue weighted by molar-refractivity contribution is 0.0181. The molecule has 5 heteroatoms. The zero-order valence-electron chi connectivity index (χ0n) is 9.77. The highest BCUT2D eigenvalue weighted by molar-refractivity contribution is 5.94. The van der Waals surface area contributed by atoms with Crippen LogP contribution in [-0.4, -0.2) is 35.7 Å². The van der Waals surface area contributed by atoms with Gasteiger partial charge in [-0.2, -0.15) is 0 Å². The van der Waals surface area contributed by atoms with Crippen LogP contribution in [0.25, 0.3) is 0 Å². The molecular weight excluding hydrogens is 225 g/mol. The van der Waals surface area contributed by atoms with Gasteiger partial charge in [0.05, 0.1) is 6.10 Å². The molecule has 2 atom stereocenters. The van der Waals surface area contributed by atoms with Gasteiger partial charge in [-0.25, -0.2) is 4.39 Å². The van der Waals surface area contributed by atoms with Crippen LogP contribution in [0.3, 0.4) is 0 Å². The van der Waals surface area contributed by atoms with Crippen molar-refractivity contribution in [1.29, 1.82) is 0 Å². The maximum Gasteiger partial charge on any atom is 0.159 e. The highest BCUT2D eigenvalue weighted by Crippen LogP contribution is 2.21. The lowest BCUT2D eigenvalue weighted by Crippen LogP contribution is -2.30. The Hall–Kier alpha value is -1.30. The van der Waals surface area contributed by atoms with Crippen molar-refractivity contribution in [3.8, 4) is 0 Å². The minimum Gasteiger partial charge on any atom is -0.389 e. The number of rotatable bonds is 5. The van der Waals surface area contributed by atoms with Crippen molar-refractivity contribution in [3.63, 3.8) is 0 Å². The van der Waals surface area contributed by atoms with Crippen LogP contribution >= 0.6 is 0 Å². The molecule has 0 heterocycles. The molecule has 4 nitrogen and oxygen atoms in total. The molecule has 0 fully saturated rings. The zero-order chi connectivity index (χ0) is 13.0. The largest absolute Gasteiger partial charge is 0.389 e. The minimum atomic E-state index is -1.36. The second kappa shape index (κ2) is 5.86. The van der Waals surface area contributed by atoms with Crippen LogP contribution in [0, 0.1) is 5.82 Å². The number of benzene rings is 1. The molecule has 0 aliphatic carbocycles.